The molecule has 1 aromatic carbocycles. The summed E-state index contributed by atoms with van der Waals surface area (Å²) in [6, 6.07) is 7.95. The van der Waals surface area contributed by atoms with Crippen LogP contribution in [-0.4, -0.2) is 61.6 Å². The van der Waals surface area contributed by atoms with E-state index in [4.69, 9.17) is 9.47 Å². The van der Waals surface area contributed by atoms with E-state index in [1.807, 2.05) is 35.4 Å². The van der Waals surface area contributed by atoms with Crippen molar-refractivity contribution in [3.8, 4) is 5.75 Å². The standard InChI is InChI=1S/C20H28N2O3/c1-24-18-8-5-17(6-9-18)7-10-20(23)22-13-11-21(12-14-22)16-19-4-2-3-15-25-19/h3,5-6,8-9,15,19H,2,4,7,10-14,16H2,1H3. The highest BCUT2D eigenvalue weighted by Gasteiger charge is 2.23. The Hall–Kier alpha value is -2.01. The van der Waals surface area contributed by atoms with Crippen molar-refractivity contribution in [2.75, 3.05) is 39.8 Å². The van der Waals surface area contributed by atoms with Crippen LogP contribution in [0, 0.1) is 0 Å². The molecule has 5 nitrogen and oxygen atoms in total. The Kier molecular flexibility index (Phi) is 6.34. The third kappa shape index (κ3) is 5.23. The predicted octanol–water partition coefficient (Wildman–Crippen LogP) is 2.46. The maximum Gasteiger partial charge on any atom is 0.222 e. The summed E-state index contributed by atoms with van der Waals surface area (Å²) in [5.74, 6) is 1.11. The smallest absolute Gasteiger partial charge is 0.222 e. The molecule has 3 rings (SSSR count). The molecular weight excluding hydrogens is 316 g/mol. The van der Waals surface area contributed by atoms with Gasteiger partial charge in [-0.1, -0.05) is 12.1 Å². The van der Waals surface area contributed by atoms with E-state index in [0.29, 0.717) is 12.5 Å². The molecule has 2 heterocycles. The van der Waals surface area contributed by atoms with Crippen LogP contribution in [0.15, 0.2) is 36.6 Å². The summed E-state index contributed by atoms with van der Waals surface area (Å²) in [7, 11) is 1.66. The minimum Gasteiger partial charge on any atom is -0.497 e. The number of carbonyl (C=O) groups is 1. The van der Waals surface area contributed by atoms with E-state index < -0.39 is 0 Å². The first kappa shape index (κ1) is 17.8. The minimum atomic E-state index is 0.257. The molecule has 136 valence electrons. The van der Waals surface area contributed by atoms with Gasteiger partial charge in [0.25, 0.3) is 0 Å². The van der Waals surface area contributed by atoms with E-state index in [9.17, 15) is 4.79 Å². The molecule has 1 saturated heterocycles. The van der Waals surface area contributed by atoms with Gasteiger partial charge in [0.1, 0.15) is 11.9 Å². The largest absolute Gasteiger partial charge is 0.497 e. The van der Waals surface area contributed by atoms with Crippen LogP contribution < -0.4 is 4.74 Å². The van der Waals surface area contributed by atoms with Gasteiger partial charge in [-0.2, -0.15) is 0 Å². The average Bonchev–Trinajstić information content (AvgIpc) is 2.68. The Morgan fingerprint density at radius 1 is 1.20 bits per heavy atom. The molecule has 0 aliphatic carbocycles. The van der Waals surface area contributed by atoms with Crippen LogP contribution in [0.25, 0.3) is 0 Å². The van der Waals surface area contributed by atoms with Crippen molar-refractivity contribution in [3.63, 3.8) is 0 Å². The number of methoxy groups -OCH3 is 1. The first-order valence-electron chi connectivity index (χ1n) is 9.18. The number of hydrogen-bond acceptors (Lipinski definition) is 4. The van der Waals surface area contributed by atoms with Gasteiger partial charge >= 0.3 is 0 Å². The molecule has 0 radical (unpaired) electrons. The molecule has 1 amide bonds. The molecule has 2 aliphatic rings. The zero-order valence-electron chi connectivity index (χ0n) is 15.0. The molecule has 2 aliphatic heterocycles. The van der Waals surface area contributed by atoms with E-state index in [1.54, 1.807) is 7.11 Å². The molecule has 0 aromatic heterocycles. The zero-order valence-corrected chi connectivity index (χ0v) is 15.0. The third-order valence-electron chi connectivity index (χ3n) is 5.00. The van der Waals surface area contributed by atoms with Gasteiger partial charge in [0, 0.05) is 39.1 Å². The second-order valence-electron chi connectivity index (χ2n) is 6.74. The Balaban J connectivity index is 1.38. The number of piperazine rings is 1. The monoisotopic (exact) mass is 344 g/mol. The first-order valence-corrected chi connectivity index (χ1v) is 9.18. The molecule has 0 bridgehead atoms. The molecule has 1 atom stereocenters. The summed E-state index contributed by atoms with van der Waals surface area (Å²) in [5, 5.41) is 0. The molecule has 1 unspecified atom stereocenters. The quantitative estimate of drug-likeness (QED) is 0.795. The molecule has 5 heteroatoms. The molecule has 0 N–H and O–H groups in total. The van der Waals surface area contributed by atoms with Crippen LogP contribution in [0.1, 0.15) is 24.8 Å². The fraction of sp³-hybridized carbons (Fsp3) is 0.550. The van der Waals surface area contributed by atoms with Crippen LogP contribution in [0.3, 0.4) is 0 Å². The molecule has 25 heavy (non-hydrogen) atoms. The lowest BCUT2D eigenvalue weighted by Crippen LogP contribution is -2.50. The summed E-state index contributed by atoms with van der Waals surface area (Å²) in [4.78, 5) is 16.9. The Morgan fingerprint density at radius 3 is 2.60 bits per heavy atom. The van der Waals surface area contributed by atoms with Gasteiger partial charge in [0.15, 0.2) is 0 Å². The van der Waals surface area contributed by atoms with Crippen LogP contribution in [0.2, 0.25) is 0 Å². The average molecular weight is 344 g/mol. The van der Waals surface area contributed by atoms with Crippen molar-refractivity contribution in [1.29, 1.82) is 0 Å². The number of aryl methyl sites for hydroxylation is 1. The van der Waals surface area contributed by atoms with E-state index in [-0.39, 0.29) is 5.91 Å². The highest BCUT2D eigenvalue weighted by molar-refractivity contribution is 5.76. The lowest BCUT2D eigenvalue weighted by atomic mass is 10.1. The van der Waals surface area contributed by atoms with Crippen molar-refractivity contribution >= 4 is 5.91 Å². The van der Waals surface area contributed by atoms with Crippen molar-refractivity contribution in [2.45, 2.75) is 31.8 Å². The van der Waals surface area contributed by atoms with Gasteiger partial charge in [-0.15, -0.1) is 0 Å². The summed E-state index contributed by atoms with van der Waals surface area (Å²) < 4.78 is 10.8. The maximum atomic E-state index is 12.4. The Morgan fingerprint density at radius 2 is 1.96 bits per heavy atom. The van der Waals surface area contributed by atoms with Gasteiger partial charge in [-0.05, 0) is 43.0 Å². The molecule has 0 spiro atoms. The maximum absolute atomic E-state index is 12.4. The molecule has 1 fully saturated rings. The number of carbonyl (C=O) groups excluding carboxylic acids is 1. The topological polar surface area (TPSA) is 42.0 Å². The van der Waals surface area contributed by atoms with Gasteiger partial charge in [-0.3, -0.25) is 9.69 Å². The number of rotatable bonds is 6. The van der Waals surface area contributed by atoms with E-state index >= 15 is 0 Å². The number of amides is 1. The van der Waals surface area contributed by atoms with Gasteiger partial charge in [0.05, 0.1) is 13.4 Å². The molecule has 0 saturated carbocycles. The van der Waals surface area contributed by atoms with E-state index in [2.05, 4.69) is 11.0 Å². The van der Waals surface area contributed by atoms with Crippen LogP contribution in [0.5, 0.6) is 5.75 Å². The van der Waals surface area contributed by atoms with Gasteiger partial charge < -0.3 is 14.4 Å². The number of ether oxygens (including phenoxy) is 2. The first-order chi connectivity index (χ1) is 12.2. The summed E-state index contributed by atoms with van der Waals surface area (Å²) in [5.41, 5.74) is 1.18. The fourth-order valence-corrected chi connectivity index (χ4v) is 3.39. The van der Waals surface area contributed by atoms with E-state index in [1.165, 1.54) is 5.56 Å². The fourth-order valence-electron chi connectivity index (χ4n) is 3.39. The number of benzene rings is 1. The van der Waals surface area contributed by atoms with Crippen molar-refractivity contribution < 1.29 is 14.3 Å². The summed E-state index contributed by atoms with van der Waals surface area (Å²) in [6.07, 6.45) is 7.77. The lowest BCUT2D eigenvalue weighted by Gasteiger charge is -2.36. The van der Waals surface area contributed by atoms with Crippen molar-refractivity contribution in [3.05, 3.63) is 42.2 Å². The Labute approximate surface area is 150 Å². The number of nitrogens with zero attached hydrogens (tertiary/aromatic N) is 2. The highest BCUT2D eigenvalue weighted by atomic mass is 16.5. The van der Waals surface area contributed by atoms with Crippen molar-refractivity contribution in [1.82, 2.24) is 9.80 Å². The zero-order chi connectivity index (χ0) is 17.5. The Bertz CT molecular complexity index is 577. The second-order valence-corrected chi connectivity index (χ2v) is 6.74. The van der Waals surface area contributed by atoms with Crippen LogP contribution >= 0.6 is 0 Å². The number of hydrogen-bond donors (Lipinski definition) is 0. The SMILES string of the molecule is COc1ccc(CCC(=O)N2CCN(CC3CCC=CO3)CC2)cc1. The van der Waals surface area contributed by atoms with E-state index in [0.717, 1.165) is 57.7 Å². The third-order valence-corrected chi connectivity index (χ3v) is 5.00. The minimum absolute atomic E-state index is 0.257. The normalized spacial score (nSPS) is 21.0. The second kappa shape index (κ2) is 8.90. The van der Waals surface area contributed by atoms with Crippen molar-refractivity contribution in [2.24, 2.45) is 0 Å². The predicted molar refractivity (Wildman–Crippen MR) is 97.6 cm³/mol. The lowest BCUT2D eigenvalue weighted by molar-refractivity contribution is -0.133. The van der Waals surface area contributed by atoms with Crippen LogP contribution in [-0.2, 0) is 16.0 Å². The number of allylic oxidation sites excluding steroid dienone is 1. The van der Waals surface area contributed by atoms with Gasteiger partial charge in [0.2, 0.25) is 5.91 Å². The highest BCUT2D eigenvalue weighted by Crippen LogP contribution is 2.15. The molecular formula is C20H28N2O3. The van der Waals surface area contributed by atoms with Crippen LogP contribution in [0.4, 0.5) is 0 Å². The molecule has 1 aromatic rings. The van der Waals surface area contributed by atoms with Gasteiger partial charge in [-0.25, -0.2) is 0 Å². The summed E-state index contributed by atoms with van der Waals surface area (Å²) >= 11 is 0. The summed E-state index contributed by atoms with van der Waals surface area (Å²) in [6.45, 7) is 4.50.